The van der Waals surface area contributed by atoms with Crippen LogP contribution in [0.15, 0.2) is 18.2 Å². The molecular weight excluding hydrogens is 262 g/mol. The van der Waals surface area contributed by atoms with Crippen molar-refractivity contribution >= 4 is 17.3 Å². The molecule has 0 spiro atoms. The molecule has 0 amide bonds. The van der Waals surface area contributed by atoms with Crippen molar-refractivity contribution in [3.63, 3.8) is 0 Å². The lowest BCUT2D eigenvalue weighted by molar-refractivity contribution is -0.384. The van der Waals surface area contributed by atoms with Crippen LogP contribution in [0.4, 0.5) is 11.4 Å². The number of piperazine rings is 1. The van der Waals surface area contributed by atoms with Gasteiger partial charge < -0.3 is 14.9 Å². The summed E-state index contributed by atoms with van der Waals surface area (Å²) in [4.78, 5) is 25.7. The molecule has 1 aromatic carbocycles. The Morgan fingerprint density at radius 3 is 2.50 bits per heavy atom. The van der Waals surface area contributed by atoms with E-state index < -0.39 is 10.9 Å². The molecule has 0 bridgehead atoms. The summed E-state index contributed by atoms with van der Waals surface area (Å²) >= 11 is 0. The van der Waals surface area contributed by atoms with Gasteiger partial charge in [0.2, 0.25) is 0 Å². The summed E-state index contributed by atoms with van der Waals surface area (Å²) in [7, 11) is 0. The number of benzene rings is 1. The molecule has 0 aromatic heterocycles. The van der Waals surface area contributed by atoms with Crippen molar-refractivity contribution in [3.8, 4) is 0 Å². The fourth-order valence-corrected chi connectivity index (χ4v) is 2.38. The van der Waals surface area contributed by atoms with Crippen molar-refractivity contribution in [1.29, 1.82) is 0 Å². The molecule has 1 aromatic rings. The number of nitro groups is 1. The van der Waals surface area contributed by atoms with Crippen LogP contribution in [0, 0.1) is 10.1 Å². The quantitative estimate of drug-likeness (QED) is 0.662. The van der Waals surface area contributed by atoms with Gasteiger partial charge in [-0.3, -0.25) is 10.1 Å². The number of rotatable bonds is 4. The van der Waals surface area contributed by atoms with Gasteiger partial charge in [-0.25, -0.2) is 4.79 Å². The van der Waals surface area contributed by atoms with Gasteiger partial charge in [-0.15, -0.1) is 0 Å². The van der Waals surface area contributed by atoms with Crippen LogP contribution in [0.2, 0.25) is 0 Å². The molecule has 7 heteroatoms. The molecule has 1 saturated heterocycles. The number of nitro benzene ring substituents is 1. The van der Waals surface area contributed by atoms with Crippen molar-refractivity contribution in [2.75, 3.05) is 37.6 Å². The lowest BCUT2D eigenvalue weighted by Gasteiger charge is -2.35. The zero-order valence-electron chi connectivity index (χ0n) is 11.3. The maximum Gasteiger partial charge on any atom is 0.335 e. The normalized spacial score (nSPS) is 16.1. The largest absolute Gasteiger partial charge is 0.478 e. The van der Waals surface area contributed by atoms with Crippen LogP contribution in [0.1, 0.15) is 17.3 Å². The highest BCUT2D eigenvalue weighted by Gasteiger charge is 2.24. The van der Waals surface area contributed by atoms with E-state index in [0.717, 1.165) is 25.7 Å². The Bertz CT molecular complexity index is 524. The van der Waals surface area contributed by atoms with Crippen LogP contribution in [0.25, 0.3) is 0 Å². The number of carboxylic acid groups (broad SMARTS) is 1. The van der Waals surface area contributed by atoms with E-state index in [2.05, 4.69) is 11.8 Å². The first-order chi connectivity index (χ1) is 9.52. The van der Waals surface area contributed by atoms with Gasteiger partial charge in [0.05, 0.1) is 10.5 Å². The molecule has 20 heavy (non-hydrogen) atoms. The van der Waals surface area contributed by atoms with Gasteiger partial charge in [-0.05, 0) is 18.7 Å². The highest BCUT2D eigenvalue weighted by Crippen LogP contribution is 2.30. The second-order valence-electron chi connectivity index (χ2n) is 4.69. The predicted molar refractivity (Wildman–Crippen MR) is 74.4 cm³/mol. The Morgan fingerprint density at radius 2 is 2.00 bits per heavy atom. The van der Waals surface area contributed by atoms with Gasteiger partial charge in [0.15, 0.2) is 0 Å². The summed E-state index contributed by atoms with van der Waals surface area (Å²) in [6, 6.07) is 4.07. The zero-order valence-corrected chi connectivity index (χ0v) is 11.3. The van der Waals surface area contributed by atoms with E-state index in [1.54, 1.807) is 0 Å². The van der Waals surface area contributed by atoms with E-state index in [9.17, 15) is 14.9 Å². The van der Waals surface area contributed by atoms with Gasteiger partial charge in [0.1, 0.15) is 5.69 Å². The first kappa shape index (κ1) is 14.3. The Labute approximate surface area is 116 Å². The molecule has 7 nitrogen and oxygen atoms in total. The van der Waals surface area contributed by atoms with E-state index in [4.69, 9.17) is 5.11 Å². The SMILES string of the molecule is CCN1CCN(c2ccc(C(=O)O)cc2[N+](=O)[O-])CC1. The van der Waals surface area contributed by atoms with Gasteiger partial charge >= 0.3 is 5.97 Å². The summed E-state index contributed by atoms with van der Waals surface area (Å²) in [5.41, 5.74) is 0.290. The first-order valence-electron chi connectivity index (χ1n) is 6.52. The molecular formula is C13H17N3O4. The summed E-state index contributed by atoms with van der Waals surface area (Å²) in [6.45, 7) is 6.18. The number of carbonyl (C=O) groups is 1. The standard InChI is InChI=1S/C13H17N3O4/c1-2-14-5-7-15(8-6-14)11-4-3-10(13(17)18)9-12(11)16(19)20/h3-4,9H,2,5-8H2,1H3,(H,17,18). The molecule has 0 atom stereocenters. The predicted octanol–water partition coefficient (Wildman–Crippen LogP) is 1.43. The van der Waals surface area contributed by atoms with E-state index in [1.807, 2.05) is 4.90 Å². The minimum atomic E-state index is -1.16. The summed E-state index contributed by atoms with van der Waals surface area (Å²) in [6.07, 6.45) is 0. The fraction of sp³-hybridized carbons (Fsp3) is 0.462. The summed E-state index contributed by atoms with van der Waals surface area (Å²) in [5, 5.41) is 20.1. The highest BCUT2D eigenvalue weighted by molar-refractivity contribution is 5.89. The Kier molecular flexibility index (Phi) is 4.19. The molecule has 108 valence electrons. The minimum absolute atomic E-state index is 0.0624. The molecule has 0 saturated carbocycles. The van der Waals surface area contributed by atoms with Crippen molar-refractivity contribution in [1.82, 2.24) is 4.90 Å². The minimum Gasteiger partial charge on any atom is -0.478 e. The number of hydrogen-bond donors (Lipinski definition) is 1. The Morgan fingerprint density at radius 1 is 1.35 bits per heavy atom. The summed E-state index contributed by atoms with van der Waals surface area (Å²) < 4.78 is 0. The highest BCUT2D eigenvalue weighted by atomic mass is 16.6. The molecule has 0 unspecified atom stereocenters. The van der Waals surface area contributed by atoms with E-state index in [0.29, 0.717) is 18.8 Å². The van der Waals surface area contributed by atoms with Crippen LogP contribution in [0.5, 0.6) is 0 Å². The van der Waals surface area contributed by atoms with Gasteiger partial charge in [-0.1, -0.05) is 6.92 Å². The molecule has 1 fully saturated rings. The molecule has 2 rings (SSSR count). The fourth-order valence-electron chi connectivity index (χ4n) is 2.38. The van der Waals surface area contributed by atoms with Crippen molar-refractivity contribution in [2.45, 2.75) is 6.92 Å². The van der Waals surface area contributed by atoms with E-state index >= 15 is 0 Å². The third-order valence-electron chi connectivity index (χ3n) is 3.58. The number of nitrogens with zero attached hydrogens (tertiary/aromatic N) is 3. The number of likely N-dealkylation sites (N-methyl/N-ethyl adjacent to an activating group) is 1. The van der Waals surface area contributed by atoms with Gasteiger partial charge in [-0.2, -0.15) is 0 Å². The molecule has 1 aliphatic rings. The van der Waals surface area contributed by atoms with Crippen molar-refractivity contribution < 1.29 is 14.8 Å². The van der Waals surface area contributed by atoms with Crippen LogP contribution in [0.3, 0.4) is 0 Å². The number of aromatic carboxylic acids is 1. The van der Waals surface area contributed by atoms with Crippen LogP contribution in [-0.2, 0) is 0 Å². The third-order valence-corrected chi connectivity index (χ3v) is 3.58. The average molecular weight is 279 g/mol. The average Bonchev–Trinajstić information content (AvgIpc) is 2.46. The molecule has 1 N–H and O–H groups in total. The molecule has 0 aliphatic carbocycles. The zero-order chi connectivity index (χ0) is 14.7. The van der Waals surface area contributed by atoms with Crippen LogP contribution < -0.4 is 4.90 Å². The number of hydrogen-bond acceptors (Lipinski definition) is 5. The van der Waals surface area contributed by atoms with Gasteiger partial charge in [0, 0.05) is 32.2 Å². The summed E-state index contributed by atoms with van der Waals surface area (Å²) in [5.74, 6) is -1.16. The topological polar surface area (TPSA) is 86.9 Å². The Hall–Kier alpha value is -2.15. The monoisotopic (exact) mass is 279 g/mol. The van der Waals surface area contributed by atoms with E-state index in [-0.39, 0.29) is 11.3 Å². The molecule has 0 radical (unpaired) electrons. The van der Waals surface area contributed by atoms with Crippen LogP contribution in [-0.4, -0.2) is 53.6 Å². The van der Waals surface area contributed by atoms with Gasteiger partial charge in [0.25, 0.3) is 5.69 Å². The van der Waals surface area contributed by atoms with Crippen LogP contribution >= 0.6 is 0 Å². The second-order valence-corrected chi connectivity index (χ2v) is 4.69. The lowest BCUT2D eigenvalue weighted by atomic mass is 10.1. The Balaban J connectivity index is 2.27. The number of anilines is 1. The lowest BCUT2D eigenvalue weighted by Crippen LogP contribution is -2.46. The van der Waals surface area contributed by atoms with E-state index in [1.165, 1.54) is 12.1 Å². The third kappa shape index (κ3) is 2.88. The second kappa shape index (κ2) is 5.87. The van der Waals surface area contributed by atoms with Crippen molar-refractivity contribution in [2.24, 2.45) is 0 Å². The van der Waals surface area contributed by atoms with Crippen molar-refractivity contribution in [3.05, 3.63) is 33.9 Å². The molecule has 1 aliphatic heterocycles. The number of carboxylic acids is 1. The molecule has 1 heterocycles. The maximum absolute atomic E-state index is 11.1. The first-order valence-corrected chi connectivity index (χ1v) is 6.52. The maximum atomic E-state index is 11.1. The smallest absolute Gasteiger partial charge is 0.335 e.